The molecule has 130 valence electrons. The smallest absolute Gasteiger partial charge is 0.143 e. The Kier molecular flexibility index (Phi) is 4.43. The molecule has 2 heterocycles. The second-order valence-corrected chi connectivity index (χ2v) is 7.34. The number of aromatic nitrogens is 2. The van der Waals surface area contributed by atoms with Crippen LogP contribution in [0.3, 0.4) is 0 Å². The lowest BCUT2D eigenvalue weighted by molar-refractivity contribution is 1.16. The second kappa shape index (κ2) is 6.89. The Morgan fingerprint density at radius 2 is 1.54 bits per heavy atom. The molecule has 0 bridgehead atoms. The standard InChI is InChI=1S/C22H21N3S/c1-15-4-9-18(10-5-15)23-22-21(17-7-11-19(26-3)12-8-17)24-20-13-6-16(2)14-25(20)22/h4-14,23H,1-3H3. The topological polar surface area (TPSA) is 29.3 Å². The average molecular weight is 359 g/mol. The number of nitrogens with one attached hydrogen (secondary N) is 1. The Morgan fingerprint density at radius 1 is 0.846 bits per heavy atom. The number of hydrogen-bond donors (Lipinski definition) is 1. The fraction of sp³-hybridized carbons (Fsp3) is 0.136. The normalized spacial score (nSPS) is 11.0. The third-order valence-electron chi connectivity index (χ3n) is 4.44. The van der Waals surface area contributed by atoms with Gasteiger partial charge in [0, 0.05) is 22.3 Å². The molecule has 0 unspecified atom stereocenters. The van der Waals surface area contributed by atoms with Gasteiger partial charge in [0.25, 0.3) is 0 Å². The van der Waals surface area contributed by atoms with Crippen LogP contribution < -0.4 is 5.32 Å². The Bertz CT molecular complexity index is 1050. The van der Waals surface area contributed by atoms with E-state index in [2.05, 4.69) is 96.7 Å². The number of fused-ring (bicyclic) bond motifs is 1. The number of rotatable bonds is 4. The molecule has 0 radical (unpaired) electrons. The molecule has 0 spiro atoms. The molecule has 2 aromatic carbocycles. The molecule has 0 saturated heterocycles. The van der Waals surface area contributed by atoms with Gasteiger partial charge in [-0.3, -0.25) is 4.40 Å². The van der Waals surface area contributed by atoms with E-state index in [-0.39, 0.29) is 0 Å². The monoisotopic (exact) mass is 359 g/mol. The average Bonchev–Trinajstić information content (AvgIpc) is 3.01. The van der Waals surface area contributed by atoms with Crippen molar-refractivity contribution < 1.29 is 0 Å². The Balaban J connectivity index is 1.86. The third kappa shape index (κ3) is 3.20. The molecule has 0 atom stereocenters. The molecule has 3 nitrogen and oxygen atoms in total. The summed E-state index contributed by atoms with van der Waals surface area (Å²) in [5.41, 5.74) is 6.51. The van der Waals surface area contributed by atoms with Crippen LogP contribution in [0.2, 0.25) is 0 Å². The molecule has 1 N–H and O–H groups in total. The molecule has 4 heteroatoms. The van der Waals surface area contributed by atoms with Crippen molar-refractivity contribution in [3.8, 4) is 11.3 Å². The lowest BCUT2D eigenvalue weighted by Crippen LogP contribution is -1.97. The van der Waals surface area contributed by atoms with Gasteiger partial charge in [0.15, 0.2) is 0 Å². The summed E-state index contributed by atoms with van der Waals surface area (Å²) in [4.78, 5) is 6.14. The van der Waals surface area contributed by atoms with Gasteiger partial charge in [-0.2, -0.15) is 0 Å². The zero-order valence-electron chi connectivity index (χ0n) is 15.2. The Hall–Kier alpha value is -2.72. The minimum absolute atomic E-state index is 0.939. The summed E-state index contributed by atoms with van der Waals surface area (Å²) >= 11 is 1.75. The summed E-state index contributed by atoms with van der Waals surface area (Å²) in [5, 5.41) is 3.57. The molecule has 2 aromatic heterocycles. The first-order valence-corrected chi connectivity index (χ1v) is 9.83. The van der Waals surface area contributed by atoms with Gasteiger partial charge < -0.3 is 5.32 Å². The van der Waals surface area contributed by atoms with Crippen molar-refractivity contribution in [2.45, 2.75) is 18.7 Å². The van der Waals surface area contributed by atoms with Gasteiger partial charge >= 0.3 is 0 Å². The van der Waals surface area contributed by atoms with E-state index in [1.807, 2.05) is 0 Å². The molecular formula is C22H21N3S. The van der Waals surface area contributed by atoms with Crippen LogP contribution in [-0.4, -0.2) is 15.6 Å². The summed E-state index contributed by atoms with van der Waals surface area (Å²) in [5.74, 6) is 0.990. The van der Waals surface area contributed by atoms with Crippen molar-refractivity contribution in [2.75, 3.05) is 11.6 Å². The van der Waals surface area contributed by atoms with Crippen LogP contribution in [0.5, 0.6) is 0 Å². The second-order valence-electron chi connectivity index (χ2n) is 6.46. The van der Waals surface area contributed by atoms with Gasteiger partial charge in [-0.25, -0.2) is 4.98 Å². The number of aryl methyl sites for hydroxylation is 2. The van der Waals surface area contributed by atoms with Crippen LogP contribution in [0, 0.1) is 13.8 Å². The molecule has 0 amide bonds. The van der Waals surface area contributed by atoms with Crippen molar-refractivity contribution in [3.63, 3.8) is 0 Å². The fourth-order valence-electron chi connectivity index (χ4n) is 2.99. The number of thioether (sulfide) groups is 1. The Labute approximate surface area is 158 Å². The summed E-state index contributed by atoms with van der Waals surface area (Å²) in [6.45, 7) is 4.20. The van der Waals surface area contributed by atoms with Crippen molar-refractivity contribution >= 4 is 28.9 Å². The van der Waals surface area contributed by atoms with Gasteiger partial charge in [0.2, 0.25) is 0 Å². The molecule has 0 aliphatic carbocycles. The van der Waals surface area contributed by atoms with E-state index in [1.165, 1.54) is 16.0 Å². The fourth-order valence-corrected chi connectivity index (χ4v) is 3.40. The maximum absolute atomic E-state index is 4.89. The van der Waals surface area contributed by atoms with Gasteiger partial charge in [-0.05, 0) is 56.0 Å². The highest BCUT2D eigenvalue weighted by Gasteiger charge is 2.14. The first kappa shape index (κ1) is 16.7. The van der Waals surface area contributed by atoms with E-state index in [9.17, 15) is 0 Å². The molecule has 0 fully saturated rings. The summed E-state index contributed by atoms with van der Waals surface area (Å²) in [6.07, 6.45) is 4.21. The van der Waals surface area contributed by atoms with Crippen molar-refractivity contribution in [3.05, 3.63) is 78.0 Å². The number of hydrogen-bond acceptors (Lipinski definition) is 3. The summed E-state index contributed by atoms with van der Waals surface area (Å²) in [7, 11) is 0. The van der Waals surface area contributed by atoms with Gasteiger partial charge in [-0.1, -0.05) is 35.9 Å². The molecule has 0 aliphatic heterocycles. The quantitative estimate of drug-likeness (QED) is 0.448. The van der Waals surface area contributed by atoms with Crippen LogP contribution in [0.15, 0.2) is 71.8 Å². The largest absolute Gasteiger partial charge is 0.339 e. The lowest BCUT2D eigenvalue weighted by atomic mass is 10.1. The molecule has 0 aliphatic rings. The van der Waals surface area contributed by atoms with Crippen molar-refractivity contribution in [2.24, 2.45) is 0 Å². The van der Waals surface area contributed by atoms with Crippen LogP contribution in [0.25, 0.3) is 16.9 Å². The van der Waals surface area contributed by atoms with E-state index in [0.717, 1.165) is 28.4 Å². The number of pyridine rings is 1. The maximum atomic E-state index is 4.89. The predicted octanol–water partition coefficient (Wildman–Crippen LogP) is 6.08. The van der Waals surface area contributed by atoms with Gasteiger partial charge in [0.1, 0.15) is 17.2 Å². The minimum atomic E-state index is 0.939. The van der Waals surface area contributed by atoms with Gasteiger partial charge in [-0.15, -0.1) is 11.8 Å². The number of imidazole rings is 1. The molecule has 4 rings (SSSR count). The number of nitrogens with zero attached hydrogens (tertiary/aromatic N) is 2. The zero-order chi connectivity index (χ0) is 18.1. The van der Waals surface area contributed by atoms with Crippen LogP contribution in [0.1, 0.15) is 11.1 Å². The Morgan fingerprint density at radius 3 is 2.23 bits per heavy atom. The summed E-state index contributed by atoms with van der Waals surface area (Å²) < 4.78 is 2.13. The highest BCUT2D eigenvalue weighted by molar-refractivity contribution is 7.98. The highest BCUT2D eigenvalue weighted by atomic mass is 32.2. The molecular weight excluding hydrogens is 338 g/mol. The highest BCUT2D eigenvalue weighted by Crippen LogP contribution is 2.32. The van der Waals surface area contributed by atoms with Gasteiger partial charge in [0.05, 0.1) is 0 Å². The SMILES string of the molecule is CSc1ccc(-c2nc3ccc(C)cn3c2Nc2ccc(C)cc2)cc1. The van der Waals surface area contributed by atoms with Crippen LogP contribution >= 0.6 is 11.8 Å². The predicted molar refractivity (Wildman–Crippen MR) is 112 cm³/mol. The van der Waals surface area contributed by atoms with E-state index in [0.29, 0.717) is 0 Å². The third-order valence-corrected chi connectivity index (χ3v) is 5.19. The summed E-state index contributed by atoms with van der Waals surface area (Å²) in [6, 6.07) is 21.2. The molecule has 26 heavy (non-hydrogen) atoms. The van der Waals surface area contributed by atoms with Crippen LogP contribution in [-0.2, 0) is 0 Å². The first-order valence-electron chi connectivity index (χ1n) is 8.61. The molecule has 4 aromatic rings. The molecule has 0 saturated carbocycles. The van der Waals surface area contributed by atoms with Crippen molar-refractivity contribution in [1.82, 2.24) is 9.38 Å². The number of benzene rings is 2. The lowest BCUT2D eigenvalue weighted by Gasteiger charge is -2.10. The maximum Gasteiger partial charge on any atom is 0.143 e. The van der Waals surface area contributed by atoms with E-state index in [1.54, 1.807) is 11.8 Å². The minimum Gasteiger partial charge on any atom is -0.339 e. The van der Waals surface area contributed by atoms with E-state index >= 15 is 0 Å². The zero-order valence-corrected chi connectivity index (χ0v) is 16.0. The first-order chi connectivity index (χ1) is 12.6. The number of anilines is 2. The van der Waals surface area contributed by atoms with Crippen molar-refractivity contribution in [1.29, 1.82) is 0 Å². The van der Waals surface area contributed by atoms with E-state index in [4.69, 9.17) is 4.98 Å². The van der Waals surface area contributed by atoms with E-state index < -0.39 is 0 Å². The van der Waals surface area contributed by atoms with Crippen LogP contribution in [0.4, 0.5) is 11.5 Å².